The van der Waals surface area contributed by atoms with E-state index in [0.717, 1.165) is 25.6 Å². The lowest BCUT2D eigenvalue weighted by Gasteiger charge is -2.11. The number of nitrogens with zero attached hydrogens (tertiary/aromatic N) is 3. The molecule has 0 spiro atoms. The van der Waals surface area contributed by atoms with Crippen LogP contribution in [0.3, 0.4) is 0 Å². The van der Waals surface area contributed by atoms with Crippen LogP contribution in [0.25, 0.3) is 0 Å². The lowest BCUT2D eigenvalue weighted by Crippen LogP contribution is -2.39. The Balaban J connectivity index is 1.66. The van der Waals surface area contributed by atoms with Crippen LogP contribution in [0.4, 0.5) is 0 Å². The van der Waals surface area contributed by atoms with E-state index in [0.29, 0.717) is 19.8 Å². The molecule has 2 rings (SSSR count). The lowest BCUT2D eigenvalue weighted by molar-refractivity contribution is 0.128. The average Bonchev–Trinajstić information content (AvgIpc) is 3.01. The summed E-state index contributed by atoms with van der Waals surface area (Å²) in [6.45, 7) is 8.36. The maximum absolute atomic E-state index is 5.65. The van der Waals surface area contributed by atoms with E-state index in [1.807, 2.05) is 42.2 Å². The van der Waals surface area contributed by atoms with Gasteiger partial charge in [-0.25, -0.2) is 0 Å². The van der Waals surface area contributed by atoms with Gasteiger partial charge < -0.3 is 15.4 Å². The van der Waals surface area contributed by atoms with E-state index in [9.17, 15) is 0 Å². The van der Waals surface area contributed by atoms with E-state index in [-0.39, 0.29) is 0 Å². The summed E-state index contributed by atoms with van der Waals surface area (Å²) in [5.41, 5.74) is 2.35. The molecule has 1 aromatic heterocycles. The molecule has 130 valence electrons. The highest BCUT2D eigenvalue weighted by Gasteiger charge is 1.98. The van der Waals surface area contributed by atoms with Crippen molar-refractivity contribution in [2.45, 2.75) is 27.0 Å². The van der Waals surface area contributed by atoms with Crippen LogP contribution in [-0.2, 0) is 17.9 Å². The van der Waals surface area contributed by atoms with E-state index < -0.39 is 0 Å². The third kappa shape index (κ3) is 6.83. The van der Waals surface area contributed by atoms with Crippen LogP contribution in [0.1, 0.15) is 18.1 Å². The Bertz CT molecular complexity index is 609. The van der Waals surface area contributed by atoms with Crippen LogP contribution in [-0.4, -0.2) is 42.0 Å². The van der Waals surface area contributed by atoms with Crippen molar-refractivity contribution in [1.29, 1.82) is 0 Å². The molecule has 0 saturated heterocycles. The number of aryl methyl sites for hydroxylation is 1. The van der Waals surface area contributed by atoms with Crippen molar-refractivity contribution in [3.8, 4) is 0 Å². The van der Waals surface area contributed by atoms with Gasteiger partial charge in [0, 0.05) is 19.3 Å². The molecular weight excluding hydrogens is 302 g/mol. The Labute approximate surface area is 143 Å². The van der Waals surface area contributed by atoms with E-state index in [2.05, 4.69) is 39.8 Å². The molecule has 2 aromatic rings. The molecule has 2 N–H and O–H groups in total. The minimum atomic E-state index is 0.601. The molecule has 0 unspecified atom stereocenters. The second-order valence-corrected chi connectivity index (χ2v) is 5.51. The highest BCUT2D eigenvalue weighted by molar-refractivity contribution is 5.79. The summed E-state index contributed by atoms with van der Waals surface area (Å²) >= 11 is 0. The van der Waals surface area contributed by atoms with E-state index in [4.69, 9.17) is 4.74 Å². The Hall–Kier alpha value is -2.34. The number of guanidine groups is 1. The van der Waals surface area contributed by atoms with E-state index in [1.165, 1.54) is 11.1 Å². The molecule has 0 bridgehead atoms. The van der Waals surface area contributed by atoms with Gasteiger partial charge in [-0.2, -0.15) is 5.10 Å². The molecule has 0 saturated carbocycles. The van der Waals surface area contributed by atoms with Crippen LogP contribution in [0.15, 0.2) is 47.7 Å². The molecule has 0 aliphatic heterocycles. The molecule has 6 heteroatoms. The quantitative estimate of drug-likeness (QED) is 0.419. The number of rotatable bonds is 9. The summed E-state index contributed by atoms with van der Waals surface area (Å²) in [6.07, 6.45) is 3.90. The highest BCUT2D eigenvalue weighted by atomic mass is 16.5. The Morgan fingerprint density at radius 3 is 2.79 bits per heavy atom. The molecule has 0 aliphatic carbocycles. The zero-order chi connectivity index (χ0) is 17.0. The number of aromatic nitrogens is 2. The van der Waals surface area contributed by atoms with Crippen LogP contribution < -0.4 is 10.6 Å². The van der Waals surface area contributed by atoms with Gasteiger partial charge in [0.15, 0.2) is 5.96 Å². The normalized spacial score (nSPS) is 11.5. The van der Waals surface area contributed by atoms with Gasteiger partial charge in [-0.15, -0.1) is 0 Å². The number of benzene rings is 1. The van der Waals surface area contributed by atoms with Crippen molar-refractivity contribution < 1.29 is 4.74 Å². The van der Waals surface area contributed by atoms with Crippen molar-refractivity contribution in [3.05, 3.63) is 53.9 Å². The third-order valence-corrected chi connectivity index (χ3v) is 3.36. The molecule has 1 heterocycles. The van der Waals surface area contributed by atoms with Gasteiger partial charge in [-0.3, -0.25) is 9.67 Å². The number of nitrogens with one attached hydrogen (secondary N) is 2. The molecule has 24 heavy (non-hydrogen) atoms. The minimum Gasteiger partial charge on any atom is -0.375 e. The third-order valence-electron chi connectivity index (χ3n) is 3.36. The largest absolute Gasteiger partial charge is 0.375 e. The molecule has 0 aliphatic rings. The SMILES string of the molecule is CCNC(=NCCOCc1ccccc1)NCCn1cc(C)cn1. The summed E-state index contributed by atoms with van der Waals surface area (Å²) in [5.74, 6) is 0.810. The summed E-state index contributed by atoms with van der Waals surface area (Å²) in [7, 11) is 0. The molecule has 0 amide bonds. The van der Waals surface area contributed by atoms with Crippen molar-refractivity contribution in [2.75, 3.05) is 26.2 Å². The van der Waals surface area contributed by atoms with Gasteiger partial charge in [0.1, 0.15) is 0 Å². The topological polar surface area (TPSA) is 63.5 Å². The molecule has 0 radical (unpaired) electrons. The number of aliphatic imine (C=N–C) groups is 1. The molecule has 6 nitrogen and oxygen atoms in total. The van der Waals surface area contributed by atoms with Crippen molar-refractivity contribution in [1.82, 2.24) is 20.4 Å². The van der Waals surface area contributed by atoms with Gasteiger partial charge in [0.05, 0.1) is 32.5 Å². The predicted molar refractivity (Wildman–Crippen MR) is 97.0 cm³/mol. The lowest BCUT2D eigenvalue weighted by atomic mass is 10.2. The second kappa shape index (κ2) is 10.4. The van der Waals surface area contributed by atoms with Gasteiger partial charge in [0.2, 0.25) is 0 Å². The van der Waals surface area contributed by atoms with Crippen LogP contribution in [0, 0.1) is 6.92 Å². The summed E-state index contributed by atoms with van der Waals surface area (Å²) < 4.78 is 7.57. The smallest absolute Gasteiger partial charge is 0.191 e. The van der Waals surface area contributed by atoms with E-state index >= 15 is 0 Å². The van der Waals surface area contributed by atoms with Gasteiger partial charge in [-0.05, 0) is 25.0 Å². The van der Waals surface area contributed by atoms with Crippen LogP contribution in [0.5, 0.6) is 0 Å². The Morgan fingerprint density at radius 2 is 2.08 bits per heavy atom. The summed E-state index contributed by atoms with van der Waals surface area (Å²) in [4.78, 5) is 4.52. The monoisotopic (exact) mass is 329 g/mol. The van der Waals surface area contributed by atoms with Crippen molar-refractivity contribution in [2.24, 2.45) is 4.99 Å². The van der Waals surface area contributed by atoms with Crippen LogP contribution >= 0.6 is 0 Å². The summed E-state index contributed by atoms with van der Waals surface area (Å²) in [6, 6.07) is 10.2. The maximum atomic E-state index is 5.65. The first-order valence-electron chi connectivity index (χ1n) is 8.41. The van der Waals surface area contributed by atoms with Crippen LogP contribution in [0.2, 0.25) is 0 Å². The predicted octanol–water partition coefficient (Wildman–Crippen LogP) is 1.96. The maximum Gasteiger partial charge on any atom is 0.191 e. The second-order valence-electron chi connectivity index (χ2n) is 5.51. The Morgan fingerprint density at radius 1 is 1.25 bits per heavy atom. The first-order valence-corrected chi connectivity index (χ1v) is 8.41. The van der Waals surface area contributed by atoms with Gasteiger partial charge >= 0.3 is 0 Å². The zero-order valence-corrected chi connectivity index (χ0v) is 14.5. The molecule has 1 aromatic carbocycles. The fraction of sp³-hybridized carbons (Fsp3) is 0.444. The first-order chi connectivity index (χ1) is 11.8. The molecular formula is C18H27N5O. The Kier molecular flexibility index (Phi) is 7.83. The van der Waals surface area contributed by atoms with Crippen molar-refractivity contribution >= 4 is 5.96 Å². The summed E-state index contributed by atoms with van der Waals surface area (Å²) in [5, 5.41) is 10.8. The fourth-order valence-electron chi connectivity index (χ4n) is 2.21. The zero-order valence-electron chi connectivity index (χ0n) is 14.5. The first kappa shape index (κ1) is 18.0. The average molecular weight is 329 g/mol. The number of ether oxygens (including phenoxy) is 1. The van der Waals surface area contributed by atoms with Gasteiger partial charge in [0.25, 0.3) is 0 Å². The standard InChI is InChI=1S/C18H27N5O/c1-3-19-18(20-9-11-23-14-16(2)13-22-23)21-10-12-24-15-17-7-5-4-6-8-17/h4-8,13-14H,3,9-12,15H2,1-2H3,(H2,19,20,21). The molecule has 0 fully saturated rings. The minimum absolute atomic E-state index is 0.601. The highest BCUT2D eigenvalue weighted by Crippen LogP contribution is 1.99. The molecule has 0 atom stereocenters. The number of hydrogen-bond donors (Lipinski definition) is 2. The van der Waals surface area contributed by atoms with Crippen molar-refractivity contribution in [3.63, 3.8) is 0 Å². The van der Waals surface area contributed by atoms with E-state index in [1.54, 1.807) is 0 Å². The van der Waals surface area contributed by atoms with Gasteiger partial charge in [-0.1, -0.05) is 30.3 Å². The number of hydrogen-bond acceptors (Lipinski definition) is 3. The fourth-order valence-corrected chi connectivity index (χ4v) is 2.21.